The van der Waals surface area contributed by atoms with E-state index in [0.29, 0.717) is 0 Å². The molecule has 1 heterocycles. The molecular formula is C19H13NO7. The van der Waals surface area contributed by atoms with E-state index in [0.717, 1.165) is 17.9 Å². The van der Waals surface area contributed by atoms with Crippen LogP contribution in [0.2, 0.25) is 0 Å². The Morgan fingerprint density at radius 3 is 2.19 bits per heavy atom. The van der Waals surface area contributed by atoms with Gasteiger partial charge in [0.05, 0.1) is 27.9 Å². The van der Waals surface area contributed by atoms with Crippen LogP contribution in [-0.2, 0) is 4.79 Å². The normalized spacial score (nSPS) is 12.7. The lowest BCUT2D eigenvalue weighted by atomic mass is 10.1. The van der Waals surface area contributed by atoms with Gasteiger partial charge in [-0.15, -0.1) is 0 Å². The summed E-state index contributed by atoms with van der Waals surface area (Å²) in [4.78, 5) is 60.2. The first kappa shape index (κ1) is 18.0. The van der Waals surface area contributed by atoms with Crippen LogP contribution in [0.5, 0.6) is 5.75 Å². The van der Waals surface area contributed by atoms with Gasteiger partial charge in [-0.2, -0.15) is 0 Å². The first-order valence-electron chi connectivity index (χ1n) is 7.80. The Bertz CT molecular complexity index is 1040. The number of Topliss-reactive ketones (excluding diaryl/α,β-unsaturated/α-hetero) is 1. The summed E-state index contributed by atoms with van der Waals surface area (Å²) in [6.07, 6.45) is 0. The van der Waals surface area contributed by atoms with E-state index in [4.69, 9.17) is 9.84 Å². The van der Waals surface area contributed by atoms with Crippen molar-refractivity contribution < 1.29 is 33.8 Å². The summed E-state index contributed by atoms with van der Waals surface area (Å²) < 4.78 is 5.02. The molecule has 0 atom stereocenters. The third kappa shape index (κ3) is 3.08. The molecule has 0 spiro atoms. The molecule has 0 saturated carbocycles. The summed E-state index contributed by atoms with van der Waals surface area (Å²) in [5.74, 6) is -3.66. The monoisotopic (exact) mass is 367 g/mol. The zero-order chi connectivity index (χ0) is 19.9. The number of fused-ring (bicyclic) bond motifs is 1. The van der Waals surface area contributed by atoms with Crippen LogP contribution in [-0.4, -0.2) is 34.6 Å². The summed E-state index contributed by atoms with van der Waals surface area (Å²) in [6, 6.07) is 7.62. The van der Waals surface area contributed by atoms with E-state index < -0.39 is 23.8 Å². The van der Waals surface area contributed by atoms with Crippen LogP contribution in [0.3, 0.4) is 0 Å². The number of imide groups is 1. The van der Waals surface area contributed by atoms with Crippen LogP contribution in [0.25, 0.3) is 0 Å². The number of aromatic carboxylic acids is 1. The van der Waals surface area contributed by atoms with Gasteiger partial charge in [0.1, 0.15) is 5.75 Å². The van der Waals surface area contributed by atoms with Gasteiger partial charge in [-0.05, 0) is 37.3 Å². The number of hydrogen-bond donors (Lipinski definition) is 1. The number of ether oxygens (including phenoxy) is 1. The number of benzene rings is 2. The van der Waals surface area contributed by atoms with Crippen LogP contribution in [0.4, 0.5) is 5.69 Å². The summed E-state index contributed by atoms with van der Waals surface area (Å²) in [7, 11) is 0. The molecule has 1 aliphatic rings. The van der Waals surface area contributed by atoms with Gasteiger partial charge in [0, 0.05) is 13.0 Å². The molecule has 1 aliphatic heterocycles. The summed E-state index contributed by atoms with van der Waals surface area (Å²) in [6.45, 7) is 2.45. The maximum Gasteiger partial charge on any atom is 0.335 e. The van der Waals surface area contributed by atoms with Crippen molar-refractivity contribution >= 4 is 35.2 Å². The van der Waals surface area contributed by atoms with Crippen molar-refractivity contribution in [2.75, 3.05) is 4.90 Å². The zero-order valence-electron chi connectivity index (χ0n) is 14.3. The maximum atomic E-state index is 12.7. The molecule has 8 nitrogen and oxygen atoms in total. The van der Waals surface area contributed by atoms with Gasteiger partial charge < -0.3 is 9.84 Å². The molecule has 8 heteroatoms. The van der Waals surface area contributed by atoms with Crippen LogP contribution < -0.4 is 9.64 Å². The van der Waals surface area contributed by atoms with Crippen LogP contribution in [0.1, 0.15) is 55.3 Å². The minimum absolute atomic E-state index is 0.0374. The smallest absolute Gasteiger partial charge is 0.335 e. The van der Waals surface area contributed by atoms with Crippen LogP contribution in [0.15, 0.2) is 36.4 Å². The second-order valence-corrected chi connectivity index (χ2v) is 5.84. The minimum atomic E-state index is -1.22. The van der Waals surface area contributed by atoms with E-state index in [1.807, 2.05) is 0 Å². The molecule has 0 saturated heterocycles. The van der Waals surface area contributed by atoms with Gasteiger partial charge in [-0.1, -0.05) is 0 Å². The van der Waals surface area contributed by atoms with Crippen molar-refractivity contribution in [1.82, 2.24) is 0 Å². The number of amides is 2. The fourth-order valence-electron chi connectivity index (χ4n) is 2.79. The first-order chi connectivity index (χ1) is 12.7. The number of hydrogen-bond acceptors (Lipinski definition) is 6. The van der Waals surface area contributed by atoms with Gasteiger partial charge in [-0.25, -0.2) is 9.69 Å². The van der Waals surface area contributed by atoms with E-state index in [1.165, 1.54) is 37.3 Å². The highest BCUT2D eigenvalue weighted by atomic mass is 16.5. The lowest BCUT2D eigenvalue weighted by Crippen LogP contribution is -2.29. The van der Waals surface area contributed by atoms with E-state index in [2.05, 4.69) is 0 Å². The highest BCUT2D eigenvalue weighted by Gasteiger charge is 2.37. The lowest BCUT2D eigenvalue weighted by molar-refractivity contribution is -0.131. The molecule has 0 bridgehead atoms. The predicted molar refractivity (Wildman–Crippen MR) is 92.3 cm³/mol. The first-order valence-corrected chi connectivity index (χ1v) is 7.80. The highest BCUT2D eigenvalue weighted by Crippen LogP contribution is 2.33. The molecule has 2 amide bonds. The number of esters is 1. The van der Waals surface area contributed by atoms with Gasteiger partial charge in [-0.3, -0.25) is 19.2 Å². The highest BCUT2D eigenvalue weighted by molar-refractivity contribution is 6.34. The number of anilines is 1. The number of rotatable bonds is 4. The number of nitrogens with zero attached hydrogens (tertiary/aromatic N) is 1. The van der Waals surface area contributed by atoms with Crippen molar-refractivity contribution in [3.05, 3.63) is 58.7 Å². The third-order valence-electron chi connectivity index (χ3n) is 3.99. The molecule has 27 heavy (non-hydrogen) atoms. The average Bonchev–Trinajstić information content (AvgIpc) is 2.84. The van der Waals surface area contributed by atoms with Gasteiger partial charge in [0.15, 0.2) is 5.78 Å². The van der Waals surface area contributed by atoms with Crippen molar-refractivity contribution in [2.24, 2.45) is 0 Å². The molecule has 0 radical (unpaired) electrons. The molecule has 136 valence electrons. The minimum Gasteiger partial charge on any atom is -0.478 e. The Labute approximate surface area is 153 Å². The SMILES string of the molecule is CC(=O)Oc1cc(N2C(=O)c3ccc(C(=O)O)cc3C2=O)ccc1C(C)=O. The average molecular weight is 367 g/mol. The number of ketones is 1. The second-order valence-electron chi connectivity index (χ2n) is 5.84. The molecule has 0 fully saturated rings. The Kier molecular flexibility index (Phi) is 4.32. The number of carbonyl (C=O) groups excluding carboxylic acids is 4. The number of carboxylic acids is 1. The number of carboxylic acid groups (broad SMARTS) is 1. The zero-order valence-corrected chi connectivity index (χ0v) is 14.3. The molecule has 0 aromatic heterocycles. The van der Waals surface area contributed by atoms with E-state index in [-0.39, 0.29) is 39.5 Å². The van der Waals surface area contributed by atoms with Gasteiger partial charge >= 0.3 is 11.9 Å². The number of carbonyl (C=O) groups is 5. The van der Waals surface area contributed by atoms with Gasteiger partial charge in [0.25, 0.3) is 11.8 Å². The lowest BCUT2D eigenvalue weighted by Gasteiger charge is -2.16. The summed E-state index contributed by atoms with van der Waals surface area (Å²) in [5, 5.41) is 9.06. The Balaban J connectivity index is 2.08. The third-order valence-corrected chi connectivity index (χ3v) is 3.99. The predicted octanol–water partition coefficient (Wildman–Crippen LogP) is 2.31. The van der Waals surface area contributed by atoms with Crippen molar-refractivity contribution in [3.8, 4) is 5.75 Å². The fourth-order valence-corrected chi connectivity index (χ4v) is 2.79. The standard InChI is InChI=1S/C19H13NO7/c1-9(21)13-6-4-12(8-16(13)27-10(2)22)20-17(23)14-5-3-11(19(25)26)7-15(14)18(20)24/h3-8H,1-2H3,(H,25,26). The molecular weight excluding hydrogens is 354 g/mol. The van der Waals surface area contributed by atoms with Gasteiger partial charge in [0.2, 0.25) is 0 Å². The molecule has 0 unspecified atom stereocenters. The van der Waals surface area contributed by atoms with Crippen molar-refractivity contribution in [3.63, 3.8) is 0 Å². The summed E-state index contributed by atoms with van der Waals surface area (Å²) >= 11 is 0. The van der Waals surface area contributed by atoms with Crippen molar-refractivity contribution in [1.29, 1.82) is 0 Å². The van der Waals surface area contributed by atoms with Crippen LogP contribution in [0, 0.1) is 0 Å². The van der Waals surface area contributed by atoms with Crippen LogP contribution >= 0.6 is 0 Å². The quantitative estimate of drug-likeness (QED) is 0.381. The Hall–Kier alpha value is -3.81. The largest absolute Gasteiger partial charge is 0.478 e. The molecule has 3 rings (SSSR count). The summed E-state index contributed by atoms with van der Waals surface area (Å²) in [5.41, 5.74) is 0.126. The van der Waals surface area contributed by atoms with E-state index in [1.54, 1.807) is 0 Å². The molecule has 2 aromatic carbocycles. The fraction of sp³-hybridized carbons (Fsp3) is 0.105. The maximum absolute atomic E-state index is 12.7. The van der Waals surface area contributed by atoms with Crippen molar-refractivity contribution in [2.45, 2.75) is 13.8 Å². The Morgan fingerprint density at radius 2 is 1.59 bits per heavy atom. The van der Waals surface area contributed by atoms with E-state index in [9.17, 15) is 24.0 Å². The van der Waals surface area contributed by atoms with E-state index >= 15 is 0 Å². The molecule has 1 N–H and O–H groups in total. The Morgan fingerprint density at radius 1 is 0.926 bits per heavy atom. The molecule has 0 aliphatic carbocycles. The second kappa shape index (κ2) is 6.49. The topological polar surface area (TPSA) is 118 Å². The molecule has 2 aromatic rings.